The van der Waals surface area contributed by atoms with E-state index in [1.54, 1.807) is 24.3 Å². The summed E-state index contributed by atoms with van der Waals surface area (Å²) >= 11 is 0. The van der Waals surface area contributed by atoms with E-state index in [2.05, 4.69) is 0 Å². The lowest BCUT2D eigenvalue weighted by Crippen LogP contribution is -2.25. The number of halogens is 3. The molecule has 112 valence electrons. The lowest BCUT2D eigenvalue weighted by molar-refractivity contribution is -0.137. The van der Waals surface area contributed by atoms with Gasteiger partial charge in [0.15, 0.2) is 0 Å². The highest BCUT2D eigenvalue weighted by atomic mass is 19.4. The molecular weight excluding hydrogens is 279 g/mol. The van der Waals surface area contributed by atoms with Gasteiger partial charge in [-0.2, -0.15) is 13.2 Å². The Hall–Kier alpha value is -2.01. The molecule has 5 heteroatoms. The lowest BCUT2D eigenvalue weighted by atomic mass is 9.98. The number of rotatable bonds is 4. The first-order valence-corrected chi connectivity index (χ1v) is 6.54. The summed E-state index contributed by atoms with van der Waals surface area (Å²) in [6, 6.07) is 11.6. The zero-order valence-corrected chi connectivity index (χ0v) is 11.3. The highest BCUT2D eigenvalue weighted by Gasteiger charge is 2.30. The number of phenolic OH excluding ortho intramolecular Hbond substituents is 1. The van der Waals surface area contributed by atoms with Crippen LogP contribution in [0.25, 0.3) is 0 Å². The second-order valence-electron chi connectivity index (χ2n) is 5.04. The van der Waals surface area contributed by atoms with Crippen LogP contribution in [0.2, 0.25) is 0 Å². The first kappa shape index (κ1) is 15.4. The van der Waals surface area contributed by atoms with E-state index in [9.17, 15) is 18.3 Å². The number of phenols is 1. The summed E-state index contributed by atoms with van der Waals surface area (Å²) in [4.78, 5) is 0. The van der Waals surface area contributed by atoms with Crippen LogP contribution in [-0.2, 0) is 19.0 Å². The summed E-state index contributed by atoms with van der Waals surface area (Å²) in [6.45, 7) is 0. The van der Waals surface area contributed by atoms with Crippen molar-refractivity contribution in [3.05, 3.63) is 65.2 Å². The van der Waals surface area contributed by atoms with Gasteiger partial charge in [-0.05, 0) is 42.2 Å². The van der Waals surface area contributed by atoms with Gasteiger partial charge in [0.05, 0.1) is 5.56 Å². The van der Waals surface area contributed by atoms with Crippen LogP contribution in [0.1, 0.15) is 16.7 Å². The van der Waals surface area contributed by atoms with Crippen molar-refractivity contribution in [3.8, 4) is 5.75 Å². The highest BCUT2D eigenvalue weighted by Crippen LogP contribution is 2.29. The van der Waals surface area contributed by atoms with Gasteiger partial charge < -0.3 is 10.8 Å². The lowest BCUT2D eigenvalue weighted by Gasteiger charge is -2.14. The van der Waals surface area contributed by atoms with E-state index in [0.717, 1.165) is 17.7 Å². The Morgan fingerprint density at radius 3 is 2.10 bits per heavy atom. The number of hydrogen-bond acceptors (Lipinski definition) is 2. The van der Waals surface area contributed by atoms with Crippen molar-refractivity contribution < 1.29 is 18.3 Å². The SMILES string of the molecule is NC(Cc1cccc(O)c1)Cc1cccc(C(F)(F)F)c1. The quantitative estimate of drug-likeness (QED) is 0.906. The van der Waals surface area contributed by atoms with Crippen molar-refractivity contribution in [2.45, 2.75) is 25.1 Å². The molecule has 0 aliphatic carbocycles. The largest absolute Gasteiger partial charge is 0.508 e. The van der Waals surface area contributed by atoms with Crippen LogP contribution in [0.15, 0.2) is 48.5 Å². The van der Waals surface area contributed by atoms with Crippen molar-refractivity contribution in [2.24, 2.45) is 5.73 Å². The van der Waals surface area contributed by atoms with Gasteiger partial charge in [-0.15, -0.1) is 0 Å². The van der Waals surface area contributed by atoms with E-state index in [-0.39, 0.29) is 11.8 Å². The van der Waals surface area contributed by atoms with Gasteiger partial charge in [0.25, 0.3) is 0 Å². The molecule has 2 aromatic carbocycles. The fraction of sp³-hybridized carbons (Fsp3) is 0.250. The Labute approximate surface area is 121 Å². The fourth-order valence-corrected chi connectivity index (χ4v) is 2.24. The molecule has 2 rings (SSSR count). The number of hydrogen-bond donors (Lipinski definition) is 2. The predicted molar refractivity (Wildman–Crippen MR) is 74.9 cm³/mol. The number of aromatic hydroxyl groups is 1. The van der Waals surface area contributed by atoms with Crippen molar-refractivity contribution >= 4 is 0 Å². The standard InChI is InChI=1S/C16H16F3NO/c17-16(18,19)13-5-1-3-11(7-13)8-14(20)9-12-4-2-6-15(21)10-12/h1-7,10,14,21H,8-9,20H2. The smallest absolute Gasteiger partial charge is 0.416 e. The summed E-state index contributed by atoms with van der Waals surface area (Å²) in [5.41, 5.74) is 6.73. The van der Waals surface area contributed by atoms with Crippen LogP contribution in [0.3, 0.4) is 0 Å². The van der Waals surface area contributed by atoms with E-state index >= 15 is 0 Å². The maximum Gasteiger partial charge on any atom is 0.416 e. The minimum atomic E-state index is -4.34. The second kappa shape index (κ2) is 6.18. The Bertz CT molecular complexity index is 610. The van der Waals surface area contributed by atoms with Crippen molar-refractivity contribution in [1.82, 2.24) is 0 Å². The van der Waals surface area contributed by atoms with Crippen LogP contribution in [0.4, 0.5) is 13.2 Å². The number of alkyl halides is 3. The summed E-state index contributed by atoms with van der Waals surface area (Å²) in [5, 5.41) is 9.38. The average molecular weight is 295 g/mol. The van der Waals surface area contributed by atoms with Gasteiger partial charge in [0.1, 0.15) is 5.75 Å². The molecule has 0 aromatic heterocycles. The van der Waals surface area contributed by atoms with Crippen LogP contribution in [0, 0.1) is 0 Å². The van der Waals surface area contributed by atoms with Crippen molar-refractivity contribution in [3.63, 3.8) is 0 Å². The molecule has 0 saturated carbocycles. The maximum atomic E-state index is 12.6. The summed E-state index contributed by atoms with van der Waals surface area (Å²) in [5.74, 6) is 0.152. The maximum absolute atomic E-state index is 12.6. The summed E-state index contributed by atoms with van der Waals surface area (Å²) in [7, 11) is 0. The zero-order chi connectivity index (χ0) is 15.5. The molecule has 0 aliphatic rings. The molecule has 0 bridgehead atoms. The molecule has 21 heavy (non-hydrogen) atoms. The molecule has 0 aliphatic heterocycles. The fourth-order valence-electron chi connectivity index (χ4n) is 2.24. The normalized spacial score (nSPS) is 13.1. The zero-order valence-electron chi connectivity index (χ0n) is 11.3. The van der Waals surface area contributed by atoms with E-state index < -0.39 is 11.7 Å². The van der Waals surface area contributed by atoms with Gasteiger partial charge >= 0.3 is 6.18 Å². The minimum Gasteiger partial charge on any atom is -0.508 e. The molecule has 1 unspecified atom stereocenters. The van der Waals surface area contributed by atoms with E-state index in [4.69, 9.17) is 5.73 Å². The van der Waals surface area contributed by atoms with E-state index in [1.807, 2.05) is 6.07 Å². The number of benzene rings is 2. The third kappa shape index (κ3) is 4.49. The van der Waals surface area contributed by atoms with Gasteiger partial charge in [0, 0.05) is 6.04 Å². The Morgan fingerprint density at radius 2 is 1.52 bits per heavy atom. The summed E-state index contributed by atoms with van der Waals surface area (Å²) < 4.78 is 37.9. The third-order valence-corrected chi connectivity index (χ3v) is 3.16. The molecule has 2 nitrogen and oxygen atoms in total. The summed E-state index contributed by atoms with van der Waals surface area (Å²) in [6.07, 6.45) is -3.50. The molecule has 1 atom stereocenters. The van der Waals surface area contributed by atoms with Crippen LogP contribution < -0.4 is 5.73 Å². The molecule has 0 amide bonds. The first-order valence-electron chi connectivity index (χ1n) is 6.54. The monoisotopic (exact) mass is 295 g/mol. The Morgan fingerprint density at radius 1 is 0.952 bits per heavy atom. The molecule has 0 saturated heterocycles. The van der Waals surface area contributed by atoms with Crippen molar-refractivity contribution in [1.29, 1.82) is 0 Å². The molecule has 0 radical (unpaired) electrons. The van der Waals surface area contributed by atoms with E-state index in [1.165, 1.54) is 6.07 Å². The predicted octanol–water partition coefficient (Wildman–Crippen LogP) is 3.52. The molecule has 2 aromatic rings. The Kier molecular flexibility index (Phi) is 4.53. The third-order valence-electron chi connectivity index (χ3n) is 3.16. The average Bonchev–Trinajstić information content (AvgIpc) is 2.37. The van der Waals surface area contributed by atoms with Gasteiger partial charge in [0.2, 0.25) is 0 Å². The molecule has 3 N–H and O–H groups in total. The topological polar surface area (TPSA) is 46.2 Å². The van der Waals surface area contributed by atoms with Crippen LogP contribution in [-0.4, -0.2) is 11.1 Å². The van der Waals surface area contributed by atoms with Crippen LogP contribution in [0.5, 0.6) is 5.75 Å². The van der Waals surface area contributed by atoms with Gasteiger partial charge in [-0.3, -0.25) is 0 Å². The van der Waals surface area contributed by atoms with Gasteiger partial charge in [-0.1, -0.05) is 30.3 Å². The van der Waals surface area contributed by atoms with Crippen molar-refractivity contribution in [2.75, 3.05) is 0 Å². The highest BCUT2D eigenvalue weighted by molar-refractivity contribution is 5.29. The number of nitrogens with two attached hydrogens (primary N) is 1. The molecule has 0 heterocycles. The van der Waals surface area contributed by atoms with Gasteiger partial charge in [-0.25, -0.2) is 0 Å². The molecule has 0 spiro atoms. The van der Waals surface area contributed by atoms with Crippen LogP contribution >= 0.6 is 0 Å². The second-order valence-corrected chi connectivity index (χ2v) is 5.04. The first-order chi connectivity index (χ1) is 9.84. The Balaban J connectivity index is 2.04. The minimum absolute atomic E-state index is 0.152. The molecular formula is C16H16F3NO. The van der Waals surface area contributed by atoms with E-state index in [0.29, 0.717) is 18.4 Å². The molecule has 0 fully saturated rings.